The Morgan fingerprint density at radius 1 is 1.14 bits per heavy atom. The first kappa shape index (κ1) is 18.9. The molecule has 1 aromatic heterocycles. The maximum atomic E-state index is 13.2. The maximum absolute atomic E-state index is 13.2. The lowest BCUT2D eigenvalue weighted by molar-refractivity contribution is 0.461. The Morgan fingerprint density at radius 3 is 2.46 bits per heavy atom. The van der Waals surface area contributed by atoms with Crippen LogP contribution in [0.4, 0.5) is 10.1 Å². The van der Waals surface area contributed by atoms with Crippen molar-refractivity contribution in [1.82, 2.24) is 14.5 Å². The van der Waals surface area contributed by atoms with Gasteiger partial charge in [0, 0.05) is 30.2 Å². The van der Waals surface area contributed by atoms with Gasteiger partial charge in [-0.2, -0.15) is 5.10 Å². The van der Waals surface area contributed by atoms with E-state index in [-0.39, 0.29) is 11.9 Å². The van der Waals surface area contributed by atoms with Crippen LogP contribution in [0.25, 0.3) is 16.6 Å². The fourth-order valence-corrected chi connectivity index (χ4v) is 4.68. The molecule has 1 aliphatic heterocycles. The Morgan fingerprint density at radius 2 is 1.82 bits per heavy atom. The number of anilines is 1. The third-order valence-electron chi connectivity index (χ3n) is 5.17. The Bertz CT molecular complexity index is 1100. The summed E-state index contributed by atoms with van der Waals surface area (Å²) in [5.74, 6) is -0.271. The standard InChI is InChI=1S/C20H23FN4O2S/c1-14-11-20-15(13-22-25(20)18-5-3-16(21)4-6-18)12-19(14)24-9-7-17(8-10-24)23-28(2,26)27/h3-6,11-13,17,23H,7-10H2,1-2H3. The van der Waals surface area contributed by atoms with Crippen LogP contribution in [0.2, 0.25) is 0 Å². The molecule has 1 saturated heterocycles. The van der Waals surface area contributed by atoms with E-state index in [4.69, 9.17) is 0 Å². The predicted molar refractivity (Wildman–Crippen MR) is 109 cm³/mol. The number of benzene rings is 2. The molecule has 0 spiro atoms. The SMILES string of the molecule is Cc1cc2c(cnn2-c2ccc(F)cc2)cc1N1CCC(NS(C)(=O)=O)CC1. The van der Waals surface area contributed by atoms with Gasteiger partial charge in [-0.25, -0.2) is 22.2 Å². The van der Waals surface area contributed by atoms with Gasteiger partial charge in [0.15, 0.2) is 0 Å². The van der Waals surface area contributed by atoms with Gasteiger partial charge < -0.3 is 4.90 Å². The Balaban J connectivity index is 1.58. The van der Waals surface area contributed by atoms with Gasteiger partial charge in [-0.15, -0.1) is 0 Å². The number of nitrogens with zero attached hydrogens (tertiary/aromatic N) is 3. The molecule has 1 fully saturated rings. The van der Waals surface area contributed by atoms with Crippen LogP contribution < -0.4 is 9.62 Å². The summed E-state index contributed by atoms with van der Waals surface area (Å²) < 4.78 is 40.6. The summed E-state index contributed by atoms with van der Waals surface area (Å²) in [7, 11) is -3.17. The number of nitrogens with one attached hydrogen (secondary N) is 1. The molecule has 2 heterocycles. The van der Waals surface area contributed by atoms with E-state index in [1.807, 2.05) is 10.9 Å². The van der Waals surface area contributed by atoms with Crippen molar-refractivity contribution < 1.29 is 12.8 Å². The van der Waals surface area contributed by atoms with Crippen LogP contribution in [0, 0.1) is 12.7 Å². The molecule has 8 heteroatoms. The van der Waals surface area contributed by atoms with Crippen molar-refractivity contribution in [1.29, 1.82) is 0 Å². The van der Waals surface area contributed by atoms with E-state index in [1.54, 1.807) is 12.1 Å². The van der Waals surface area contributed by atoms with E-state index >= 15 is 0 Å². The number of fused-ring (bicyclic) bond motifs is 1. The molecule has 1 N–H and O–H groups in total. The van der Waals surface area contributed by atoms with Crippen molar-refractivity contribution in [3.8, 4) is 5.69 Å². The molecule has 148 valence electrons. The molecule has 0 bridgehead atoms. The molecule has 1 aliphatic rings. The van der Waals surface area contributed by atoms with Crippen molar-refractivity contribution in [2.24, 2.45) is 0 Å². The number of hydrogen-bond donors (Lipinski definition) is 1. The Kier molecular flexibility index (Phi) is 4.84. The molecule has 0 aliphatic carbocycles. The second-order valence-electron chi connectivity index (χ2n) is 7.38. The minimum absolute atomic E-state index is 0.00323. The summed E-state index contributed by atoms with van der Waals surface area (Å²) in [6.07, 6.45) is 4.58. The average molecular weight is 402 g/mol. The summed E-state index contributed by atoms with van der Waals surface area (Å²) in [6, 6.07) is 10.5. The number of sulfonamides is 1. The highest BCUT2D eigenvalue weighted by molar-refractivity contribution is 7.88. The number of aromatic nitrogens is 2. The quantitative estimate of drug-likeness (QED) is 0.729. The third-order valence-corrected chi connectivity index (χ3v) is 5.93. The molecule has 0 saturated carbocycles. The van der Waals surface area contributed by atoms with Crippen LogP contribution in [-0.4, -0.2) is 43.6 Å². The molecule has 0 atom stereocenters. The zero-order chi connectivity index (χ0) is 19.9. The number of halogens is 1. The van der Waals surface area contributed by atoms with E-state index in [0.29, 0.717) is 0 Å². The van der Waals surface area contributed by atoms with Crippen LogP contribution >= 0.6 is 0 Å². The highest BCUT2D eigenvalue weighted by Gasteiger charge is 2.23. The maximum Gasteiger partial charge on any atom is 0.208 e. The second kappa shape index (κ2) is 7.18. The molecular formula is C20H23FN4O2S. The molecular weight excluding hydrogens is 379 g/mol. The van der Waals surface area contributed by atoms with Crippen LogP contribution in [-0.2, 0) is 10.0 Å². The third kappa shape index (κ3) is 3.88. The molecule has 6 nitrogen and oxygen atoms in total. The molecule has 0 radical (unpaired) electrons. The normalized spacial score (nSPS) is 16.0. The van der Waals surface area contributed by atoms with Crippen molar-refractivity contribution in [2.75, 3.05) is 24.2 Å². The van der Waals surface area contributed by atoms with E-state index in [1.165, 1.54) is 18.4 Å². The molecule has 0 unspecified atom stereocenters. The summed E-state index contributed by atoms with van der Waals surface area (Å²) in [5.41, 5.74) is 4.06. The number of hydrogen-bond acceptors (Lipinski definition) is 4. The minimum atomic E-state index is -3.17. The predicted octanol–water partition coefficient (Wildman–Crippen LogP) is 2.99. The highest BCUT2D eigenvalue weighted by atomic mass is 32.2. The van der Waals surface area contributed by atoms with Crippen LogP contribution in [0.3, 0.4) is 0 Å². The first-order valence-electron chi connectivity index (χ1n) is 9.27. The molecule has 3 aromatic rings. The monoisotopic (exact) mass is 402 g/mol. The van der Waals surface area contributed by atoms with E-state index in [9.17, 15) is 12.8 Å². The average Bonchev–Trinajstić information content (AvgIpc) is 3.04. The molecule has 0 amide bonds. The first-order chi connectivity index (χ1) is 13.3. The fourth-order valence-electron chi connectivity index (χ4n) is 3.84. The van der Waals surface area contributed by atoms with Gasteiger partial charge in [0.05, 0.1) is 23.7 Å². The smallest absolute Gasteiger partial charge is 0.208 e. The summed E-state index contributed by atoms with van der Waals surface area (Å²) >= 11 is 0. The fraction of sp³-hybridized carbons (Fsp3) is 0.350. The zero-order valence-electron chi connectivity index (χ0n) is 15.9. The largest absolute Gasteiger partial charge is 0.371 e. The summed E-state index contributed by atoms with van der Waals surface area (Å²) in [6.45, 7) is 3.66. The molecule has 2 aromatic carbocycles. The van der Waals surface area contributed by atoms with Crippen molar-refractivity contribution >= 4 is 26.6 Å². The van der Waals surface area contributed by atoms with Crippen LogP contribution in [0.1, 0.15) is 18.4 Å². The van der Waals surface area contributed by atoms with Gasteiger partial charge in [-0.3, -0.25) is 0 Å². The highest BCUT2D eigenvalue weighted by Crippen LogP contribution is 2.30. The lowest BCUT2D eigenvalue weighted by Gasteiger charge is -2.34. The van der Waals surface area contributed by atoms with Crippen LogP contribution in [0.5, 0.6) is 0 Å². The van der Waals surface area contributed by atoms with E-state index < -0.39 is 10.0 Å². The van der Waals surface area contributed by atoms with Gasteiger partial charge in [-0.05, 0) is 61.7 Å². The Hall–Kier alpha value is -2.45. The lowest BCUT2D eigenvalue weighted by atomic mass is 10.0. The Labute approximate surface area is 164 Å². The second-order valence-corrected chi connectivity index (χ2v) is 9.16. The minimum Gasteiger partial charge on any atom is -0.371 e. The van der Waals surface area contributed by atoms with E-state index in [2.05, 4.69) is 33.8 Å². The number of aryl methyl sites for hydroxylation is 1. The van der Waals surface area contributed by atoms with E-state index in [0.717, 1.165) is 53.8 Å². The van der Waals surface area contributed by atoms with Gasteiger partial charge in [0.1, 0.15) is 5.82 Å². The van der Waals surface area contributed by atoms with Gasteiger partial charge >= 0.3 is 0 Å². The van der Waals surface area contributed by atoms with Gasteiger partial charge in [0.2, 0.25) is 10.0 Å². The van der Waals surface area contributed by atoms with Gasteiger partial charge in [0.25, 0.3) is 0 Å². The lowest BCUT2D eigenvalue weighted by Crippen LogP contribution is -2.44. The summed E-state index contributed by atoms with van der Waals surface area (Å²) in [5, 5.41) is 5.49. The number of rotatable bonds is 4. The van der Waals surface area contributed by atoms with Crippen molar-refractivity contribution in [2.45, 2.75) is 25.8 Å². The van der Waals surface area contributed by atoms with Crippen LogP contribution in [0.15, 0.2) is 42.6 Å². The first-order valence-corrected chi connectivity index (χ1v) is 11.2. The zero-order valence-corrected chi connectivity index (χ0v) is 16.7. The topological polar surface area (TPSA) is 67.2 Å². The summed E-state index contributed by atoms with van der Waals surface area (Å²) in [4.78, 5) is 2.30. The molecule has 28 heavy (non-hydrogen) atoms. The molecule has 4 rings (SSSR count). The van der Waals surface area contributed by atoms with Gasteiger partial charge in [-0.1, -0.05) is 0 Å². The van der Waals surface area contributed by atoms with Crippen molar-refractivity contribution in [3.63, 3.8) is 0 Å². The number of piperidine rings is 1. The van der Waals surface area contributed by atoms with Crippen molar-refractivity contribution in [3.05, 3.63) is 54.0 Å².